The SMILES string of the molecule is Cc1ccc(C(=O)Nc2ccccc2)cc1NCc1nnc2n(C)c(=O)c3ccccc3n12. The molecule has 2 heterocycles. The van der Waals surface area contributed by atoms with Crippen LogP contribution >= 0.6 is 0 Å². The van der Waals surface area contributed by atoms with Crippen LogP contribution < -0.4 is 16.2 Å². The highest BCUT2D eigenvalue weighted by molar-refractivity contribution is 6.04. The van der Waals surface area contributed by atoms with Crippen LogP contribution in [0.5, 0.6) is 0 Å². The lowest BCUT2D eigenvalue weighted by atomic mass is 10.1. The predicted molar refractivity (Wildman–Crippen MR) is 129 cm³/mol. The molecule has 0 radical (unpaired) electrons. The van der Waals surface area contributed by atoms with Gasteiger partial charge in [-0.2, -0.15) is 0 Å². The molecule has 5 rings (SSSR count). The second-order valence-corrected chi connectivity index (χ2v) is 7.84. The number of aryl methyl sites for hydroxylation is 2. The van der Waals surface area contributed by atoms with Gasteiger partial charge in [0.05, 0.1) is 17.4 Å². The van der Waals surface area contributed by atoms with Gasteiger partial charge in [0.1, 0.15) is 0 Å². The zero-order chi connectivity index (χ0) is 22.9. The van der Waals surface area contributed by atoms with E-state index in [1.54, 1.807) is 19.2 Å². The molecule has 8 nitrogen and oxygen atoms in total. The molecule has 0 aliphatic rings. The summed E-state index contributed by atoms with van der Waals surface area (Å²) in [5.41, 5.74) is 3.75. The summed E-state index contributed by atoms with van der Waals surface area (Å²) in [6.45, 7) is 2.34. The third-order valence-corrected chi connectivity index (χ3v) is 5.66. The lowest BCUT2D eigenvalue weighted by Gasteiger charge is -2.12. The van der Waals surface area contributed by atoms with Gasteiger partial charge in [-0.15, -0.1) is 10.2 Å². The van der Waals surface area contributed by atoms with E-state index in [0.717, 1.165) is 22.5 Å². The molecule has 0 aliphatic heterocycles. The Morgan fingerprint density at radius 1 is 0.970 bits per heavy atom. The van der Waals surface area contributed by atoms with Crippen LogP contribution in [-0.4, -0.2) is 25.1 Å². The number of aromatic nitrogens is 4. The van der Waals surface area contributed by atoms with Gasteiger partial charge in [-0.3, -0.25) is 18.6 Å². The highest BCUT2D eigenvalue weighted by Crippen LogP contribution is 2.20. The number of anilines is 2. The Labute approximate surface area is 189 Å². The summed E-state index contributed by atoms with van der Waals surface area (Å²) in [5, 5.41) is 15.4. The van der Waals surface area contributed by atoms with Gasteiger partial charge >= 0.3 is 0 Å². The quantitative estimate of drug-likeness (QED) is 0.436. The van der Waals surface area contributed by atoms with Gasteiger partial charge in [-0.25, -0.2) is 0 Å². The molecule has 0 fully saturated rings. The summed E-state index contributed by atoms with van der Waals surface area (Å²) < 4.78 is 3.38. The molecule has 0 aliphatic carbocycles. The smallest absolute Gasteiger partial charge is 0.262 e. The van der Waals surface area contributed by atoms with Crippen LogP contribution in [0.2, 0.25) is 0 Å². The van der Waals surface area contributed by atoms with Crippen LogP contribution in [0.3, 0.4) is 0 Å². The number of carbonyl (C=O) groups excluding carboxylic acids is 1. The first-order valence-corrected chi connectivity index (χ1v) is 10.6. The number of carbonyl (C=O) groups is 1. The minimum Gasteiger partial charge on any atom is -0.377 e. The number of hydrogen-bond donors (Lipinski definition) is 2. The fourth-order valence-corrected chi connectivity index (χ4v) is 3.86. The summed E-state index contributed by atoms with van der Waals surface area (Å²) in [6.07, 6.45) is 0. The molecule has 3 aromatic carbocycles. The molecule has 5 aromatic rings. The first kappa shape index (κ1) is 20.4. The summed E-state index contributed by atoms with van der Waals surface area (Å²) in [5.74, 6) is 0.955. The number of nitrogens with zero attached hydrogens (tertiary/aromatic N) is 4. The van der Waals surface area contributed by atoms with Crippen LogP contribution in [-0.2, 0) is 13.6 Å². The molecule has 0 bridgehead atoms. The van der Waals surface area contributed by atoms with Crippen molar-refractivity contribution in [3.63, 3.8) is 0 Å². The molecule has 2 aromatic heterocycles. The maximum Gasteiger partial charge on any atom is 0.262 e. The van der Waals surface area contributed by atoms with Gasteiger partial charge in [0.2, 0.25) is 5.78 Å². The van der Waals surface area contributed by atoms with Gasteiger partial charge in [0.15, 0.2) is 5.82 Å². The van der Waals surface area contributed by atoms with Gasteiger partial charge in [0, 0.05) is 24.0 Å². The summed E-state index contributed by atoms with van der Waals surface area (Å²) in [6, 6.07) is 22.3. The van der Waals surface area contributed by atoms with Crippen molar-refractivity contribution in [3.8, 4) is 0 Å². The molecule has 2 N–H and O–H groups in total. The highest BCUT2D eigenvalue weighted by Gasteiger charge is 2.15. The fraction of sp³-hybridized carbons (Fsp3) is 0.120. The Kier molecular flexibility index (Phi) is 5.10. The van der Waals surface area contributed by atoms with E-state index < -0.39 is 0 Å². The number of amides is 1. The van der Waals surface area contributed by atoms with Gasteiger partial charge in [-0.1, -0.05) is 36.4 Å². The van der Waals surface area contributed by atoms with Crippen LogP contribution in [0, 0.1) is 6.92 Å². The zero-order valence-corrected chi connectivity index (χ0v) is 18.2. The number of fused-ring (bicyclic) bond motifs is 3. The molecule has 164 valence electrons. The van der Waals surface area contributed by atoms with Crippen molar-refractivity contribution in [2.75, 3.05) is 10.6 Å². The number of nitrogens with one attached hydrogen (secondary N) is 2. The average molecular weight is 438 g/mol. The molecule has 0 saturated carbocycles. The van der Waals surface area contributed by atoms with Gasteiger partial charge in [0.25, 0.3) is 11.5 Å². The second-order valence-electron chi connectivity index (χ2n) is 7.84. The van der Waals surface area contributed by atoms with Crippen molar-refractivity contribution < 1.29 is 4.79 Å². The molecule has 0 spiro atoms. The van der Waals surface area contributed by atoms with E-state index >= 15 is 0 Å². The van der Waals surface area contributed by atoms with Crippen LogP contribution in [0.15, 0.2) is 77.6 Å². The second kappa shape index (κ2) is 8.23. The van der Waals surface area contributed by atoms with Crippen molar-refractivity contribution in [3.05, 3.63) is 100 Å². The Bertz CT molecular complexity index is 1550. The monoisotopic (exact) mass is 438 g/mol. The third-order valence-electron chi connectivity index (χ3n) is 5.66. The van der Waals surface area contributed by atoms with E-state index in [2.05, 4.69) is 20.8 Å². The van der Waals surface area contributed by atoms with Crippen molar-refractivity contribution >= 4 is 34.0 Å². The zero-order valence-electron chi connectivity index (χ0n) is 18.2. The fourth-order valence-electron chi connectivity index (χ4n) is 3.86. The molecule has 0 saturated heterocycles. The van der Waals surface area contributed by atoms with Crippen molar-refractivity contribution in [2.24, 2.45) is 7.05 Å². The summed E-state index contributed by atoms with van der Waals surface area (Å²) >= 11 is 0. The van der Waals surface area contributed by atoms with E-state index in [-0.39, 0.29) is 11.5 Å². The van der Waals surface area contributed by atoms with E-state index in [9.17, 15) is 9.59 Å². The first-order valence-electron chi connectivity index (χ1n) is 10.6. The van der Waals surface area contributed by atoms with E-state index in [1.165, 1.54) is 4.57 Å². The molecule has 0 atom stereocenters. The summed E-state index contributed by atoms with van der Waals surface area (Å²) in [7, 11) is 1.69. The van der Waals surface area contributed by atoms with Crippen molar-refractivity contribution in [2.45, 2.75) is 13.5 Å². The minimum atomic E-state index is -0.182. The number of para-hydroxylation sites is 2. The lowest BCUT2D eigenvalue weighted by molar-refractivity contribution is 0.102. The Hall–Kier alpha value is -4.46. The predicted octanol–water partition coefficient (Wildman–Crippen LogP) is 3.75. The van der Waals surface area contributed by atoms with Crippen LogP contribution in [0.25, 0.3) is 16.7 Å². The normalized spacial score (nSPS) is 11.1. The largest absolute Gasteiger partial charge is 0.377 e. The lowest BCUT2D eigenvalue weighted by Crippen LogP contribution is -2.20. The number of benzene rings is 3. The van der Waals surface area contributed by atoms with Gasteiger partial charge < -0.3 is 10.6 Å². The number of rotatable bonds is 5. The third kappa shape index (κ3) is 3.71. The van der Waals surface area contributed by atoms with E-state index in [4.69, 9.17) is 0 Å². The van der Waals surface area contributed by atoms with Crippen LogP contribution in [0.1, 0.15) is 21.7 Å². The van der Waals surface area contributed by atoms with Crippen LogP contribution in [0.4, 0.5) is 11.4 Å². The summed E-state index contributed by atoms with van der Waals surface area (Å²) in [4.78, 5) is 25.3. The maximum atomic E-state index is 12.7. The first-order chi connectivity index (χ1) is 16.0. The molecule has 33 heavy (non-hydrogen) atoms. The number of hydrogen-bond acceptors (Lipinski definition) is 5. The average Bonchev–Trinajstić information content (AvgIpc) is 3.27. The Morgan fingerprint density at radius 3 is 2.55 bits per heavy atom. The van der Waals surface area contributed by atoms with E-state index in [1.807, 2.05) is 72.0 Å². The maximum absolute atomic E-state index is 12.7. The molecule has 8 heteroatoms. The molecular formula is C25H22N6O2. The standard InChI is InChI=1S/C25H22N6O2/c1-16-12-13-17(23(32)27-18-8-4-3-5-9-18)14-20(16)26-15-22-28-29-25-30(2)24(33)19-10-6-7-11-21(19)31(22)25/h3-14,26H,15H2,1-2H3,(H,27,32). The van der Waals surface area contributed by atoms with E-state index in [0.29, 0.717) is 29.1 Å². The van der Waals surface area contributed by atoms with Crippen molar-refractivity contribution in [1.82, 2.24) is 19.2 Å². The minimum absolute atomic E-state index is 0.113. The Balaban J connectivity index is 1.45. The molecule has 1 amide bonds. The topological polar surface area (TPSA) is 93.3 Å². The van der Waals surface area contributed by atoms with Gasteiger partial charge in [-0.05, 0) is 48.9 Å². The Morgan fingerprint density at radius 2 is 1.73 bits per heavy atom. The molecule has 0 unspecified atom stereocenters. The highest BCUT2D eigenvalue weighted by atomic mass is 16.1. The van der Waals surface area contributed by atoms with Crippen molar-refractivity contribution in [1.29, 1.82) is 0 Å². The molecular weight excluding hydrogens is 416 g/mol.